The van der Waals surface area contributed by atoms with Crippen LogP contribution >= 0.6 is 11.6 Å². The van der Waals surface area contributed by atoms with Crippen molar-refractivity contribution in [1.29, 1.82) is 0 Å². The number of esters is 1. The predicted octanol–water partition coefficient (Wildman–Crippen LogP) is 2.46. The van der Waals surface area contributed by atoms with Gasteiger partial charge in [0.25, 0.3) is 0 Å². The van der Waals surface area contributed by atoms with Gasteiger partial charge in [0.2, 0.25) is 5.91 Å². The van der Waals surface area contributed by atoms with Crippen molar-refractivity contribution >= 4 is 35.3 Å². The predicted molar refractivity (Wildman–Crippen MR) is 115 cm³/mol. The summed E-state index contributed by atoms with van der Waals surface area (Å²) in [6.45, 7) is 0.261. The molecular weight excluding hydrogens is 420 g/mol. The van der Waals surface area contributed by atoms with Crippen LogP contribution in [0.5, 0.6) is 0 Å². The molecule has 3 rings (SSSR count). The summed E-state index contributed by atoms with van der Waals surface area (Å²) in [6.07, 6.45) is 0.220. The van der Waals surface area contributed by atoms with Gasteiger partial charge in [-0.25, -0.2) is 4.79 Å². The SMILES string of the molecule is COC(=O)c1ccc(N(C(=O)CCl)C2CCN(C(=O)[O-])C(Cc3ccccc3)C2)cc1. The van der Waals surface area contributed by atoms with Crippen LogP contribution in [-0.4, -0.2) is 54.5 Å². The molecule has 0 N–H and O–H groups in total. The summed E-state index contributed by atoms with van der Waals surface area (Å²) in [5.41, 5.74) is 1.99. The Morgan fingerprint density at radius 1 is 1.13 bits per heavy atom. The summed E-state index contributed by atoms with van der Waals surface area (Å²) in [5, 5.41) is 11.7. The van der Waals surface area contributed by atoms with E-state index in [9.17, 15) is 19.5 Å². The summed E-state index contributed by atoms with van der Waals surface area (Å²) in [5.74, 6) is -0.951. The first kappa shape index (κ1) is 22.6. The second-order valence-corrected chi connectivity index (χ2v) is 7.68. The number of carboxylic acid groups (broad SMARTS) is 1. The molecule has 8 heteroatoms. The van der Waals surface area contributed by atoms with Crippen LogP contribution in [0.3, 0.4) is 0 Å². The summed E-state index contributed by atoms with van der Waals surface area (Å²) in [6, 6.07) is 15.6. The number of amides is 2. The number of hydrogen-bond donors (Lipinski definition) is 0. The van der Waals surface area contributed by atoms with E-state index < -0.39 is 12.1 Å². The van der Waals surface area contributed by atoms with Crippen LogP contribution in [0.1, 0.15) is 28.8 Å². The third-order valence-corrected chi connectivity index (χ3v) is 5.78. The molecule has 0 bridgehead atoms. The van der Waals surface area contributed by atoms with Crippen LogP contribution in [0.2, 0.25) is 0 Å². The number of rotatable bonds is 6. The van der Waals surface area contributed by atoms with Gasteiger partial charge in [-0.1, -0.05) is 30.3 Å². The van der Waals surface area contributed by atoms with Crippen LogP contribution in [0.4, 0.5) is 10.5 Å². The molecule has 1 saturated heterocycles. The lowest BCUT2D eigenvalue weighted by Gasteiger charge is -2.44. The minimum absolute atomic E-state index is 0.206. The summed E-state index contributed by atoms with van der Waals surface area (Å²) in [7, 11) is 1.30. The van der Waals surface area contributed by atoms with E-state index in [2.05, 4.69) is 0 Å². The molecule has 2 aromatic carbocycles. The molecule has 164 valence electrons. The van der Waals surface area contributed by atoms with Crippen molar-refractivity contribution in [2.45, 2.75) is 31.3 Å². The first-order chi connectivity index (χ1) is 14.9. The number of anilines is 1. The van der Waals surface area contributed by atoms with Gasteiger partial charge in [-0.2, -0.15) is 0 Å². The molecule has 7 nitrogen and oxygen atoms in total. The Morgan fingerprint density at radius 2 is 1.81 bits per heavy atom. The fourth-order valence-corrected chi connectivity index (χ4v) is 4.21. The lowest BCUT2D eigenvalue weighted by atomic mass is 9.91. The second-order valence-electron chi connectivity index (χ2n) is 7.42. The van der Waals surface area contributed by atoms with Crippen molar-refractivity contribution in [2.24, 2.45) is 0 Å². The number of carbonyl (C=O) groups excluding carboxylic acids is 3. The zero-order valence-electron chi connectivity index (χ0n) is 17.2. The van der Waals surface area contributed by atoms with Crippen molar-refractivity contribution in [2.75, 3.05) is 24.4 Å². The summed E-state index contributed by atoms with van der Waals surface area (Å²) in [4.78, 5) is 39.1. The van der Waals surface area contributed by atoms with Crippen LogP contribution < -0.4 is 10.0 Å². The number of halogens is 1. The number of hydrogen-bond acceptors (Lipinski definition) is 5. The molecule has 0 radical (unpaired) electrons. The van der Waals surface area contributed by atoms with Crippen LogP contribution in [0.25, 0.3) is 0 Å². The molecule has 31 heavy (non-hydrogen) atoms. The number of benzene rings is 2. The molecule has 2 atom stereocenters. The Balaban J connectivity index is 1.86. The van der Waals surface area contributed by atoms with Gasteiger partial charge in [-0.3, -0.25) is 4.79 Å². The quantitative estimate of drug-likeness (QED) is 0.505. The molecule has 0 aliphatic carbocycles. The number of likely N-dealkylation sites (tertiary alicyclic amines) is 1. The van der Waals surface area contributed by atoms with Crippen molar-refractivity contribution < 1.29 is 24.2 Å². The normalized spacial score (nSPS) is 18.3. The Morgan fingerprint density at radius 3 is 2.39 bits per heavy atom. The Kier molecular flexibility index (Phi) is 7.52. The fourth-order valence-electron chi connectivity index (χ4n) is 4.08. The zero-order chi connectivity index (χ0) is 22.4. The molecule has 1 fully saturated rings. The first-order valence-corrected chi connectivity index (χ1v) is 10.6. The lowest BCUT2D eigenvalue weighted by Crippen LogP contribution is -2.57. The van der Waals surface area contributed by atoms with Crippen molar-refractivity contribution in [3.63, 3.8) is 0 Å². The summed E-state index contributed by atoms with van der Waals surface area (Å²) >= 11 is 5.89. The first-order valence-electron chi connectivity index (χ1n) is 10.0. The molecule has 2 amide bonds. The van der Waals surface area contributed by atoms with Crippen LogP contribution in [-0.2, 0) is 16.0 Å². The van der Waals surface area contributed by atoms with Gasteiger partial charge < -0.3 is 24.4 Å². The van der Waals surface area contributed by atoms with Gasteiger partial charge in [0.05, 0.1) is 12.7 Å². The molecule has 0 aromatic heterocycles. The average Bonchev–Trinajstić information content (AvgIpc) is 2.79. The number of methoxy groups -OCH3 is 1. The topological polar surface area (TPSA) is 90.0 Å². The van der Waals surface area contributed by atoms with E-state index in [1.807, 2.05) is 30.3 Å². The van der Waals surface area contributed by atoms with E-state index in [0.29, 0.717) is 30.5 Å². The van der Waals surface area contributed by atoms with Crippen LogP contribution in [0.15, 0.2) is 54.6 Å². The maximum atomic E-state index is 12.7. The van der Waals surface area contributed by atoms with E-state index in [0.717, 1.165) is 5.56 Å². The second kappa shape index (κ2) is 10.3. The van der Waals surface area contributed by atoms with E-state index in [4.69, 9.17) is 16.3 Å². The van der Waals surface area contributed by atoms with Gasteiger partial charge in [-0.05, 0) is 49.1 Å². The molecule has 2 aromatic rings. The summed E-state index contributed by atoms with van der Waals surface area (Å²) < 4.78 is 4.72. The minimum Gasteiger partial charge on any atom is -0.530 e. The number of alkyl halides is 1. The van der Waals surface area contributed by atoms with Crippen LogP contribution in [0, 0.1) is 0 Å². The number of piperidine rings is 1. The Labute approximate surface area is 186 Å². The van der Waals surface area contributed by atoms with Gasteiger partial charge in [-0.15, -0.1) is 11.6 Å². The monoisotopic (exact) mass is 443 g/mol. The lowest BCUT2D eigenvalue weighted by molar-refractivity contribution is -0.269. The van der Waals surface area contributed by atoms with Gasteiger partial charge >= 0.3 is 5.97 Å². The highest BCUT2D eigenvalue weighted by Gasteiger charge is 2.34. The Bertz CT molecular complexity index is 919. The van der Waals surface area contributed by atoms with Crippen molar-refractivity contribution in [1.82, 2.24) is 4.90 Å². The molecule has 1 heterocycles. The minimum atomic E-state index is -1.21. The highest BCUT2D eigenvalue weighted by atomic mass is 35.5. The zero-order valence-corrected chi connectivity index (χ0v) is 18.0. The van der Waals surface area contributed by atoms with Gasteiger partial charge in [0, 0.05) is 24.3 Å². The third-order valence-electron chi connectivity index (χ3n) is 5.55. The number of carbonyl (C=O) groups is 3. The molecule has 1 aliphatic heterocycles. The maximum absolute atomic E-state index is 12.7. The molecule has 0 spiro atoms. The highest BCUT2D eigenvalue weighted by Crippen LogP contribution is 2.29. The molecule has 2 unspecified atom stereocenters. The van der Waals surface area contributed by atoms with E-state index >= 15 is 0 Å². The van der Waals surface area contributed by atoms with E-state index in [1.165, 1.54) is 12.0 Å². The number of nitrogens with zero attached hydrogens (tertiary/aromatic N) is 2. The molecule has 0 saturated carbocycles. The van der Waals surface area contributed by atoms with Crippen molar-refractivity contribution in [3.05, 3.63) is 65.7 Å². The average molecular weight is 444 g/mol. The van der Waals surface area contributed by atoms with E-state index in [-0.39, 0.29) is 30.4 Å². The Hall–Kier alpha value is -3.06. The fraction of sp³-hybridized carbons (Fsp3) is 0.348. The smallest absolute Gasteiger partial charge is 0.337 e. The largest absolute Gasteiger partial charge is 0.530 e. The molecule has 1 aliphatic rings. The van der Waals surface area contributed by atoms with E-state index in [1.54, 1.807) is 29.2 Å². The standard InChI is InChI=1S/C23H25ClN2O5/c1-31-22(28)17-7-9-18(10-8-17)26(21(27)15-24)19-11-12-25(23(29)30)20(14-19)13-16-5-3-2-4-6-16/h2-10,19-20H,11-15H2,1H3,(H,29,30)/p-1. The maximum Gasteiger partial charge on any atom is 0.337 e. The van der Waals surface area contributed by atoms with Gasteiger partial charge in [0.15, 0.2) is 0 Å². The molecular formula is C23H24ClN2O5-. The van der Waals surface area contributed by atoms with Crippen molar-refractivity contribution in [3.8, 4) is 0 Å². The highest BCUT2D eigenvalue weighted by molar-refractivity contribution is 6.29. The number of ether oxygens (including phenoxy) is 1. The third kappa shape index (κ3) is 5.35. The van der Waals surface area contributed by atoms with Gasteiger partial charge in [0.1, 0.15) is 12.0 Å².